The molecule has 6 heteroatoms. The van der Waals surface area contributed by atoms with E-state index in [4.69, 9.17) is 10.8 Å². The predicted molar refractivity (Wildman–Crippen MR) is 48.8 cm³/mol. The zero-order chi connectivity index (χ0) is 10.9. The molecule has 14 heavy (non-hydrogen) atoms. The minimum absolute atomic E-state index is 0.341. The van der Waals surface area contributed by atoms with Crippen molar-refractivity contribution >= 4 is 15.9 Å². The number of benzene rings is 1. The molecule has 1 atom stereocenters. The molecule has 2 nitrogen and oxygen atoms in total. The number of hydrogen-bond donors (Lipinski definition) is 2. The highest BCUT2D eigenvalue weighted by atomic mass is 79.9. The van der Waals surface area contributed by atoms with Crippen LogP contribution in [0.5, 0.6) is 5.75 Å². The Labute approximate surface area is 86.7 Å². The molecule has 0 saturated heterocycles. The molecule has 0 aromatic heterocycles. The van der Waals surface area contributed by atoms with Gasteiger partial charge in [0.15, 0.2) is 0 Å². The van der Waals surface area contributed by atoms with Crippen LogP contribution >= 0.6 is 15.9 Å². The van der Waals surface area contributed by atoms with Gasteiger partial charge in [-0.15, -0.1) is 0 Å². The third kappa shape index (κ3) is 2.39. The molecule has 0 saturated carbocycles. The lowest BCUT2D eigenvalue weighted by atomic mass is 10.1. The number of alkyl halides is 3. The number of nitrogens with two attached hydrogens (primary N) is 1. The van der Waals surface area contributed by atoms with Crippen molar-refractivity contribution in [1.29, 1.82) is 0 Å². The monoisotopic (exact) mass is 269 g/mol. The third-order valence-corrected chi connectivity index (χ3v) is 2.17. The van der Waals surface area contributed by atoms with Crippen LogP contribution in [0, 0.1) is 0 Å². The first-order valence-electron chi connectivity index (χ1n) is 3.63. The fraction of sp³-hybridized carbons (Fsp3) is 0.250. The standard InChI is InChI=1S/C8H7BrF3NO/c9-4-1-2-6(14)5(3-4)7(13)8(10,11)12/h1-3,7,14H,13H2/t7-/m0/s1. The lowest BCUT2D eigenvalue weighted by molar-refractivity contribution is -0.149. The van der Waals surface area contributed by atoms with Crippen LogP contribution in [0.4, 0.5) is 13.2 Å². The van der Waals surface area contributed by atoms with Gasteiger partial charge in [0.1, 0.15) is 11.8 Å². The van der Waals surface area contributed by atoms with Gasteiger partial charge in [-0.3, -0.25) is 0 Å². The van der Waals surface area contributed by atoms with E-state index in [2.05, 4.69) is 15.9 Å². The highest BCUT2D eigenvalue weighted by Gasteiger charge is 2.39. The van der Waals surface area contributed by atoms with Crippen LogP contribution in [-0.2, 0) is 0 Å². The van der Waals surface area contributed by atoms with Crippen molar-refractivity contribution in [1.82, 2.24) is 0 Å². The predicted octanol–water partition coefficient (Wildman–Crippen LogP) is 2.72. The highest BCUT2D eigenvalue weighted by Crippen LogP contribution is 2.36. The van der Waals surface area contributed by atoms with Crippen molar-refractivity contribution in [2.75, 3.05) is 0 Å². The summed E-state index contributed by atoms with van der Waals surface area (Å²) in [5.74, 6) is -0.460. The van der Waals surface area contributed by atoms with Crippen LogP contribution in [0.15, 0.2) is 22.7 Å². The highest BCUT2D eigenvalue weighted by molar-refractivity contribution is 9.10. The van der Waals surface area contributed by atoms with Gasteiger partial charge in [-0.1, -0.05) is 15.9 Å². The SMILES string of the molecule is N[C@@H](c1cc(Br)ccc1O)C(F)(F)F. The molecule has 0 unspecified atom stereocenters. The van der Waals surface area contributed by atoms with E-state index in [-0.39, 0.29) is 5.56 Å². The van der Waals surface area contributed by atoms with Crippen LogP contribution in [0.1, 0.15) is 11.6 Å². The first-order chi connectivity index (χ1) is 6.32. The number of halogens is 4. The number of phenolic OH excluding ortho intramolecular Hbond substituents is 1. The largest absolute Gasteiger partial charge is 0.508 e. The summed E-state index contributed by atoms with van der Waals surface area (Å²) in [4.78, 5) is 0. The Hall–Kier alpha value is -0.750. The van der Waals surface area contributed by atoms with Gasteiger partial charge in [0.2, 0.25) is 0 Å². The number of aromatic hydroxyl groups is 1. The Morgan fingerprint density at radius 3 is 2.43 bits per heavy atom. The van der Waals surface area contributed by atoms with Gasteiger partial charge in [0.05, 0.1) is 0 Å². The normalized spacial score (nSPS) is 14.1. The molecule has 0 bridgehead atoms. The fourth-order valence-corrected chi connectivity index (χ4v) is 1.33. The first-order valence-corrected chi connectivity index (χ1v) is 4.42. The maximum Gasteiger partial charge on any atom is 0.407 e. The Morgan fingerprint density at radius 1 is 1.36 bits per heavy atom. The molecule has 0 aliphatic rings. The van der Waals surface area contributed by atoms with Crippen LogP contribution in [0.25, 0.3) is 0 Å². The fourth-order valence-electron chi connectivity index (χ4n) is 0.951. The lowest BCUT2D eigenvalue weighted by Crippen LogP contribution is -2.28. The molecular weight excluding hydrogens is 263 g/mol. The Morgan fingerprint density at radius 2 is 1.93 bits per heavy atom. The minimum Gasteiger partial charge on any atom is -0.508 e. The maximum atomic E-state index is 12.2. The quantitative estimate of drug-likeness (QED) is 0.824. The van der Waals surface area contributed by atoms with Crippen molar-refractivity contribution in [3.8, 4) is 5.75 Å². The lowest BCUT2D eigenvalue weighted by Gasteiger charge is -2.17. The van der Waals surface area contributed by atoms with E-state index in [1.807, 2.05) is 0 Å². The van der Waals surface area contributed by atoms with Crippen LogP contribution in [0.3, 0.4) is 0 Å². The van der Waals surface area contributed by atoms with Crippen LogP contribution in [0.2, 0.25) is 0 Å². The van der Waals surface area contributed by atoms with E-state index in [9.17, 15) is 13.2 Å². The topological polar surface area (TPSA) is 46.2 Å². The van der Waals surface area contributed by atoms with Gasteiger partial charge in [-0.05, 0) is 18.2 Å². The molecule has 3 N–H and O–H groups in total. The van der Waals surface area contributed by atoms with E-state index in [1.165, 1.54) is 6.07 Å². The van der Waals surface area contributed by atoms with Gasteiger partial charge in [-0.25, -0.2) is 0 Å². The second kappa shape index (κ2) is 3.78. The Kier molecular flexibility index (Phi) is 3.06. The molecular formula is C8H7BrF3NO. The van der Waals surface area contributed by atoms with Crippen molar-refractivity contribution in [3.05, 3.63) is 28.2 Å². The maximum absolute atomic E-state index is 12.2. The summed E-state index contributed by atoms with van der Waals surface area (Å²) < 4.78 is 37.0. The number of phenols is 1. The van der Waals surface area contributed by atoms with E-state index in [1.54, 1.807) is 0 Å². The molecule has 78 valence electrons. The summed E-state index contributed by atoms with van der Waals surface area (Å²) in [6, 6.07) is 1.57. The summed E-state index contributed by atoms with van der Waals surface area (Å²) in [5.41, 5.74) is 4.60. The summed E-state index contributed by atoms with van der Waals surface area (Å²) in [6.07, 6.45) is -4.56. The van der Waals surface area contributed by atoms with Gasteiger partial charge in [-0.2, -0.15) is 13.2 Å². The summed E-state index contributed by atoms with van der Waals surface area (Å²) in [7, 11) is 0. The van der Waals surface area contributed by atoms with Crippen molar-refractivity contribution < 1.29 is 18.3 Å². The second-order valence-corrected chi connectivity index (χ2v) is 3.64. The second-order valence-electron chi connectivity index (χ2n) is 2.72. The average Bonchev–Trinajstić information content (AvgIpc) is 2.06. The van der Waals surface area contributed by atoms with Crippen molar-refractivity contribution in [2.24, 2.45) is 5.73 Å². The van der Waals surface area contributed by atoms with Crippen LogP contribution < -0.4 is 5.73 Å². The molecule has 0 radical (unpaired) electrons. The summed E-state index contributed by atoms with van der Waals surface area (Å²) >= 11 is 3.00. The molecule has 0 aliphatic heterocycles. The molecule has 0 aliphatic carbocycles. The van der Waals surface area contributed by atoms with Gasteiger partial charge in [0, 0.05) is 10.0 Å². The molecule has 1 aromatic rings. The van der Waals surface area contributed by atoms with Gasteiger partial charge >= 0.3 is 6.18 Å². The molecule has 0 heterocycles. The minimum atomic E-state index is -4.56. The molecule has 1 rings (SSSR count). The van der Waals surface area contributed by atoms with Crippen molar-refractivity contribution in [3.63, 3.8) is 0 Å². The number of rotatable bonds is 1. The van der Waals surface area contributed by atoms with Gasteiger partial charge in [0.25, 0.3) is 0 Å². The van der Waals surface area contributed by atoms with E-state index < -0.39 is 18.0 Å². The summed E-state index contributed by atoms with van der Waals surface area (Å²) in [6.45, 7) is 0. The zero-order valence-corrected chi connectivity index (χ0v) is 8.43. The average molecular weight is 270 g/mol. The first kappa shape index (κ1) is 11.3. The van der Waals surface area contributed by atoms with E-state index in [0.29, 0.717) is 4.47 Å². The Balaban J connectivity index is 3.12. The van der Waals surface area contributed by atoms with Crippen molar-refractivity contribution in [2.45, 2.75) is 12.2 Å². The van der Waals surface area contributed by atoms with Gasteiger partial charge < -0.3 is 10.8 Å². The smallest absolute Gasteiger partial charge is 0.407 e. The molecule has 0 amide bonds. The summed E-state index contributed by atoms with van der Waals surface area (Å²) in [5, 5.41) is 9.17. The number of hydrogen-bond acceptors (Lipinski definition) is 2. The molecule has 0 spiro atoms. The zero-order valence-electron chi connectivity index (χ0n) is 6.85. The van der Waals surface area contributed by atoms with Crippen LogP contribution in [-0.4, -0.2) is 11.3 Å². The molecule has 0 fully saturated rings. The Bertz CT molecular complexity index is 340. The van der Waals surface area contributed by atoms with E-state index in [0.717, 1.165) is 12.1 Å². The van der Waals surface area contributed by atoms with E-state index >= 15 is 0 Å². The third-order valence-electron chi connectivity index (χ3n) is 1.68. The molecule has 1 aromatic carbocycles.